The lowest BCUT2D eigenvalue weighted by Gasteiger charge is -2.47. The van der Waals surface area contributed by atoms with Gasteiger partial charge in [-0.3, -0.25) is 4.98 Å². The van der Waals surface area contributed by atoms with Crippen LogP contribution in [0.4, 0.5) is 17.6 Å². The van der Waals surface area contributed by atoms with E-state index in [-0.39, 0.29) is 16.9 Å². The summed E-state index contributed by atoms with van der Waals surface area (Å²) >= 11 is 3.53. The van der Waals surface area contributed by atoms with Crippen molar-refractivity contribution < 1.29 is 32.5 Å². The normalized spacial score (nSPS) is 20.0. The van der Waals surface area contributed by atoms with Crippen molar-refractivity contribution in [1.82, 2.24) is 4.98 Å². The van der Waals surface area contributed by atoms with Crippen molar-refractivity contribution in [3.63, 3.8) is 0 Å². The lowest BCUT2D eigenvalue weighted by atomic mass is 9.59. The van der Waals surface area contributed by atoms with Gasteiger partial charge >= 0.3 is 6.18 Å². The standard InChI is InChI=1S/C28H31F4NO3.C6H14.CH4S/c1-15(2)25-24(26(35)18-5-4-17(12-19(18)29)28(30,31)32)22(16-6-10-36-11-7-16)23-20(33-25)13-27(8-3-9-27)14-21(23)34;1-5-6(2,3)4;1-2/h4-6,12,15,21,26,34-35H,3,7-11,13-14H2,1-2H3;5H2,1-4H3;2H,1H3/t21?,26-;;/m0../s1. The zero-order valence-corrected chi connectivity index (χ0v) is 28.0. The maximum absolute atomic E-state index is 15.0. The van der Waals surface area contributed by atoms with Crippen LogP contribution >= 0.6 is 12.6 Å². The van der Waals surface area contributed by atoms with Gasteiger partial charge in [-0.15, -0.1) is 0 Å². The number of ether oxygens (including phenoxy) is 1. The Bertz CT molecular complexity index is 1310. The number of aliphatic hydroxyl groups excluding tert-OH is 2. The van der Waals surface area contributed by atoms with Crippen LogP contribution in [-0.4, -0.2) is 34.7 Å². The van der Waals surface area contributed by atoms with Crippen molar-refractivity contribution in [2.45, 2.75) is 111 Å². The van der Waals surface area contributed by atoms with Crippen LogP contribution in [0.15, 0.2) is 24.3 Å². The highest BCUT2D eigenvalue weighted by Gasteiger charge is 2.46. The number of halogens is 4. The van der Waals surface area contributed by atoms with Crippen molar-refractivity contribution in [2.75, 3.05) is 19.5 Å². The highest BCUT2D eigenvalue weighted by Crippen LogP contribution is 2.55. The molecule has 0 radical (unpaired) electrons. The number of hydrogen-bond donors (Lipinski definition) is 3. The summed E-state index contributed by atoms with van der Waals surface area (Å²) in [7, 11) is 0. The second-order valence-electron chi connectivity index (χ2n) is 13.7. The number of alkyl halides is 3. The molecule has 0 saturated heterocycles. The molecule has 1 aromatic carbocycles. The highest BCUT2D eigenvalue weighted by molar-refractivity contribution is 7.79. The van der Waals surface area contributed by atoms with Gasteiger partial charge in [0.05, 0.1) is 24.9 Å². The van der Waals surface area contributed by atoms with Crippen molar-refractivity contribution in [2.24, 2.45) is 10.8 Å². The summed E-state index contributed by atoms with van der Waals surface area (Å²) in [6.45, 7) is 13.6. The molecule has 0 amide bonds. The molecule has 44 heavy (non-hydrogen) atoms. The van der Waals surface area contributed by atoms with E-state index in [1.165, 1.54) is 6.42 Å². The second-order valence-corrected chi connectivity index (χ2v) is 13.7. The fourth-order valence-corrected chi connectivity index (χ4v) is 6.07. The Morgan fingerprint density at radius 1 is 1.14 bits per heavy atom. The molecule has 2 aliphatic carbocycles. The third kappa shape index (κ3) is 8.25. The minimum Gasteiger partial charge on any atom is -0.388 e. The molecule has 1 spiro atoms. The summed E-state index contributed by atoms with van der Waals surface area (Å²) in [5.74, 6) is -1.28. The van der Waals surface area contributed by atoms with E-state index in [1.54, 1.807) is 6.26 Å². The van der Waals surface area contributed by atoms with Gasteiger partial charge in [-0.2, -0.15) is 25.8 Å². The first-order chi connectivity index (χ1) is 20.6. The third-order valence-corrected chi connectivity index (χ3v) is 9.08. The van der Waals surface area contributed by atoms with E-state index in [9.17, 15) is 23.4 Å². The van der Waals surface area contributed by atoms with Crippen LogP contribution < -0.4 is 0 Å². The number of pyridine rings is 1. The molecule has 246 valence electrons. The van der Waals surface area contributed by atoms with Crippen LogP contribution in [0.5, 0.6) is 0 Å². The molecule has 1 unspecified atom stereocenters. The summed E-state index contributed by atoms with van der Waals surface area (Å²) in [4.78, 5) is 4.95. The number of nitrogens with zero attached hydrogens (tertiary/aromatic N) is 1. The Kier molecular flexibility index (Phi) is 12.2. The van der Waals surface area contributed by atoms with Gasteiger partial charge in [-0.05, 0) is 78.4 Å². The average molecular weight is 640 g/mol. The Morgan fingerprint density at radius 3 is 2.23 bits per heavy atom. The molecule has 1 aromatic heterocycles. The smallest absolute Gasteiger partial charge is 0.388 e. The number of fused-ring (bicyclic) bond motifs is 1. The average Bonchev–Trinajstić information content (AvgIpc) is 2.95. The van der Waals surface area contributed by atoms with Crippen LogP contribution in [0, 0.1) is 16.6 Å². The lowest BCUT2D eigenvalue weighted by Crippen LogP contribution is -2.39. The molecular weight excluding hydrogens is 590 g/mol. The molecule has 3 aliphatic rings. The second kappa shape index (κ2) is 14.7. The number of thiol groups is 1. The van der Waals surface area contributed by atoms with E-state index in [2.05, 4.69) is 40.3 Å². The van der Waals surface area contributed by atoms with E-state index >= 15 is 4.39 Å². The third-order valence-electron chi connectivity index (χ3n) is 9.08. The summed E-state index contributed by atoms with van der Waals surface area (Å²) in [5, 5.41) is 22.9. The van der Waals surface area contributed by atoms with Crippen LogP contribution in [0.3, 0.4) is 0 Å². The Labute approximate surface area is 265 Å². The fourth-order valence-electron chi connectivity index (χ4n) is 6.07. The minimum atomic E-state index is -4.69. The van der Waals surface area contributed by atoms with Crippen LogP contribution in [0.2, 0.25) is 0 Å². The Hall–Kier alpha value is -1.94. The summed E-state index contributed by atoms with van der Waals surface area (Å²) in [5.41, 5.74) is 3.15. The van der Waals surface area contributed by atoms with Crippen LogP contribution in [0.25, 0.3) is 5.57 Å². The quantitative estimate of drug-likeness (QED) is 0.230. The van der Waals surface area contributed by atoms with Gasteiger partial charge in [0.1, 0.15) is 11.9 Å². The first kappa shape index (κ1) is 36.5. The SMILES string of the molecule is CC(C)c1nc2c(c(C3=CCOCC3)c1[C@@H](O)c1ccc(C(F)(F)F)cc1F)C(O)CC1(CCC1)C2.CCC(C)(C)C.CS. The molecule has 0 bridgehead atoms. The summed E-state index contributed by atoms with van der Waals surface area (Å²) in [6.07, 6.45) is 2.92. The van der Waals surface area contributed by atoms with Gasteiger partial charge in [0, 0.05) is 28.1 Å². The monoisotopic (exact) mass is 639 g/mol. The predicted molar refractivity (Wildman–Crippen MR) is 171 cm³/mol. The first-order valence-corrected chi connectivity index (χ1v) is 16.5. The molecule has 2 atom stereocenters. The molecular formula is C35H49F4NO3S. The molecule has 5 rings (SSSR count). The molecule has 2 N–H and O–H groups in total. The fraction of sp³-hybridized carbons (Fsp3) is 0.629. The Balaban J connectivity index is 0.000000593. The zero-order valence-electron chi connectivity index (χ0n) is 27.1. The van der Waals surface area contributed by atoms with Crippen LogP contribution in [0.1, 0.15) is 137 Å². The van der Waals surface area contributed by atoms with Crippen molar-refractivity contribution in [3.8, 4) is 0 Å². The molecule has 2 heterocycles. The number of benzene rings is 1. The van der Waals surface area contributed by atoms with Crippen molar-refractivity contribution in [1.29, 1.82) is 0 Å². The van der Waals surface area contributed by atoms with E-state index in [4.69, 9.17) is 9.72 Å². The van der Waals surface area contributed by atoms with Crippen LogP contribution in [-0.2, 0) is 17.3 Å². The van der Waals surface area contributed by atoms with Crippen molar-refractivity contribution >= 4 is 18.2 Å². The van der Waals surface area contributed by atoms with E-state index in [0.29, 0.717) is 59.9 Å². The number of aromatic nitrogens is 1. The highest BCUT2D eigenvalue weighted by atomic mass is 32.1. The van der Waals surface area contributed by atoms with Gasteiger partial charge in [-0.25, -0.2) is 4.39 Å². The first-order valence-electron chi connectivity index (χ1n) is 15.6. The van der Waals surface area contributed by atoms with E-state index in [1.807, 2.05) is 19.9 Å². The summed E-state index contributed by atoms with van der Waals surface area (Å²) in [6, 6.07) is 2.20. The van der Waals surface area contributed by atoms with Gasteiger partial charge in [-0.1, -0.05) is 66.5 Å². The molecule has 2 aromatic rings. The summed E-state index contributed by atoms with van der Waals surface area (Å²) < 4.78 is 60.0. The number of hydrogen-bond acceptors (Lipinski definition) is 5. The van der Waals surface area contributed by atoms with Gasteiger partial charge in [0.15, 0.2) is 0 Å². The molecule has 1 saturated carbocycles. The van der Waals surface area contributed by atoms with Gasteiger partial charge in [0.2, 0.25) is 0 Å². The topological polar surface area (TPSA) is 62.6 Å². The maximum atomic E-state index is 15.0. The number of aliphatic hydroxyl groups is 2. The molecule has 1 aliphatic heterocycles. The Morgan fingerprint density at radius 2 is 1.77 bits per heavy atom. The minimum absolute atomic E-state index is 0.0364. The molecule has 4 nitrogen and oxygen atoms in total. The van der Waals surface area contributed by atoms with Crippen molar-refractivity contribution in [3.05, 3.63) is 69.3 Å². The van der Waals surface area contributed by atoms with Gasteiger partial charge < -0.3 is 14.9 Å². The number of rotatable bonds is 4. The van der Waals surface area contributed by atoms with E-state index in [0.717, 1.165) is 49.1 Å². The molecule has 1 fully saturated rings. The molecule has 9 heteroatoms. The maximum Gasteiger partial charge on any atom is 0.416 e. The predicted octanol–water partition coefficient (Wildman–Crippen LogP) is 9.39. The zero-order chi connectivity index (χ0) is 33.0. The van der Waals surface area contributed by atoms with Gasteiger partial charge in [0.25, 0.3) is 0 Å². The van der Waals surface area contributed by atoms with E-state index < -0.39 is 29.8 Å². The largest absolute Gasteiger partial charge is 0.416 e. The lowest BCUT2D eigenvalue weighted by molar-refractivity contribution is -0.137.